The first-order valence-corrected chi connectivity index (χ1v) is 4.42. The highest BCUT2D eigenvalue weighted by atomic mass is 16.5. The number of carbonyl (C=O) groups is 1. The zero-order valence-corrected chi connectivity index (χ0v) is 7.78. The third-order valence-electron chi connectivity index (χ3n) is 1.94. The fraction of sp³-hybridized carbons (Fsp3) is 0.200. The van der Waals surface area contributed by atoms with Gasteiger partial charge in [-0.25, -0.2) is 4.79 Å². The summed E-state index contributed by atoms with van der Waals surface area (Å²) in [7, 11) is 0. The summed E-state index contributed by atoms with van der Waals surface area (Å²) in [5, 5.41) is 0. The smallest absolute Gasteiger partial charge is 0.340 e. The topological polar surface area (TPSA) is 55.0 Å². The number of pyridine rings is 1. The number of aromatic amines is 1. The largest absolute Gasteiger partial charge is 0.462 e. The minimum Gasteiger partial charge on any atom is -0.462 e. The van der Waals surface area contributed by atoms with Gasteiger partial charge < -0.3 is 9.72 Å². The van der Waals surface area contributed by atoms with Crippen LogP contribution >= 0.6 is 0 Å². The number of hydrogen-bond acceptors (Lipinski definition) is 3. The maximum atomic E-state index is 11.5. The first-order chi connectivity index (χ1) is 6.83. The van der Waals surface area contributed by atoms with Gasteiger partial charge in [-0.2, -0.15) is 0 Å². The molecule has 0 saturated carbocycles. The number of fused-ring (bicyclic) bond motifs is 1. The molecule has 0 amide bonds. The maximum absolute atomic E-state index is 11.5. The molecule has 72 valence electrons. The molecular formula is C10H10N2O2. The Morgan fingerprint density at radius 2 is 2.43 bits per heavy atom. The van der Waals surface area contributed by atoms with Crippen LogP contribution in [-0.4, -0.2) is 22.5 Å². The highest BCUT2D eigenvalue weighted by Crippen LogP contribution is 2.14. The fourth-order valence-corrected chi connectivity index (χ4v) is 1.34. The molecule has 0 aliphatic rings. The van der Waals surface area contributed by atoms with Crippen molar-refractivity contribution in [3.63, 3.8) is 0 Å². The molecule has 4 heteroatoms. The predicted molar refractivity (Wildman–Crippen MR) is 52.1 cm³/mol. The van der Waals surface area contributed by atoms with Crippen molar-refractivity contribution in [3.05, 3.63) is 30.1 Å². The minimum absolute atomic E-state index is 0.317. The monoisotopic (exact) mass is 190 g/mol. The first kappa shape index (κ1) is 8.74. The number of esters is 1. The Labute approximate surface area is 80.9 Å². The van der Waals surface area contributed by atoms with Gasteiger partial charge in [0, 0.05) is 12.4 Å². The van der Waals surface area contributed by atoms with E-state index in [-0.39, 0.29) is 5.97 Å². The van der Waals surface area contributed by atoms with E-state index in [1.807, 2.05) is 6.07 Å². The lowest BCUT2D eigenvalue weighted by Gasteiger charge is -2.01. The van der Waals surface area contributed by atoms with E-state index in [1.165, 1.54) is 0 Å². The van der Waals surface area contributed by atoms with E-state index in [4.69, 9.17) is 4.74 Å². The molecule has 0 atom stereocenters. The van der Waals surface area contributed by atoms with Crippen LogP contribution in [0.1, 0.15) is 17.3 Å². The highest BCUT2D eigenvalue weighted by Gasteiger charge is 2.11. The molecule has 0 fully saturated rings. The molecule has 2 aromatic heterocycles. The maximum Gasteiger partial charge on any atom is 0.340 e. The molecule has 0 radical (unpaired) electrons. The molecule has 0 aromatic carbocycles. The summed E-state index contributed by atoms with van der Waals surface area (Å²) in [4.78, 5) is 18.6. The van der Waals surface area contributed by atoms with Crippen LogP contribution in [0.15, 0.2) is 24.5 Å². The van der Waals surface area contributed by atoms with E-state index in [2.05, 4.69) is 9.97 Å². The lowest BCUT2D eigenvalue weighted by molar-refractivity contribution is 0.0528. The summed E-state index contributed by atoms with van der Waals surface area (Å²) < 4.78 is 4.92. The minimum atomic E-state index is -0.317. The molecule has 0 aliphatic carbocycles. The molecule has 0 unspecified atom stereocenters. The highest BCUT2D eigenvalue weighted by molar-refractivity contribution is 6.01. The van der Waals surface area contributed by atoms with Crippen molar-refractivity contribution < 1.29 is 9.53 Å². The number of nitrogens with zero attached hydrogens (tertiary/aromatic N) is 1. The average Bonchev–Trinajstić information content (AvgIpc) is 2.65. The van der Waals surface area contributed by atoms with Crippen LogP contribution in [0.2, 0.25) is 0 Å². The number of carbonyl (C=O) groups excluding carboxylic acids is 1. The number of nitrogens with one attached hydrogen (secondary N) is 1. The van der Waals surface area contributed by atoms with Gasteiger partial charge in [0.1, 0.15) is 0 Å². The third-order valence-corrected chi connectivity index (χ3v) is 1.94. The Bertz CT molecular complexity index is 462. The molecule has 2 heterocycles. The summed E-state index contributed by atoms with van der Waals surface area (Å²) in [5.41, 5.74) is 2.03. The second-order valence-electron chi connectivity index (χ2n) is 2.82. The van der Waals surface area contributed by atoms with Crippen LogP contribution in [0.25, 0.3) is 11.0 Å². The lowest BCUT2D eigenvalue weighted by Crippen LogP contribution is -2.05. The van der Waals surface area contributed by atoms with Gasteiger partial charge in [-0.05, 0) is 19.1 Å². The van der Waals surface area contributed by atoms with Crippen LogP contribution in [0.5, 0.6) is 0 Å². The number of rotatable bonds is 2. The molecule has 0 spiro atoms. The predicted octanol–water partition coefficient (Wildman–Crippen LogP) is 1.74. The van der Waals surface area contributed by atoms with Crippen molar-refractivity contribution >= 4 is 17.0 Å². The Kier molecular flexibility index (Phi) is 2.18. The van der Waals surface area contributed by atoms with E-state index >= 15 is 0 Å². The molecule has 14 heavy (non-hydrogen) atoms. The molecule has 2 aromatic rings. The molecule has 1 N–H and O–H groups in total. The average molecular weight is 190 g/mol. The van der Waals surface area contributed by atoms with Gasteiger partial charge in [0.2, 0.25) is 0 Å². The third kappa shape index (κ3) is 1.35. The summed E-state index contributed by atoms with van der Waals surface area (Å²) >= 11 is 0. The van der Waals surface area contributed by atoms with Crippen LogP contribution in [0.4, 0.5) is 0 Å². The number of ether oxygens (including phenoxy) is 1. The van der Waals surface area contributed by atoms with Crippen LogP contribution < -0.4 is 0 Å². The fourth-order valence-electron chi connectivity index (χ4n) is 1.34. The van der Waals surface area contributed by atoms with Crippen molar-refractivity contribution in [2.45, 2.75) is 6.92 Å². The van der Waals surface area contributed by atoms with Gasteiger partial charge in [0.25, 0.3) is 0 Å². The zero-order valence-electron chi connectivity index (χ0n) is 7.78. The van der Waals surface area contributed by atoms with E-state index < -0.39 is 0 Å². The molecule has 0 bridgehead atoms. The Morgan fingerprint density at radius 1 is 1.57 bits per heavy atom. The van der Waals surface area contributed by atoms with Crippen molar-refractivity contribution in [1.29, 1.82) is 0 Å². The summed E-state index contributed by atoms with van der Waals surface area (Å²) in [6, 6.07) is 3.47. The molecule has 2 rings (SSSR count). The van der Waals surface area contributed by atoms with Crippen molar-refractivity contribution in [1.82, 2.24) is 9.97 Å². The van der Waals surface area contributed by atoms with Gasteiger partial charge in [0.05, 0.1) is 23.2 Å². The van der Waals surface area contributed by atoms with Gasteiger partial charge in [-0.1, -0.05) is 0 Å². The van der Waals surface area contributed by atoms with Crippen molar-refractivity contribution in [2.75, 3.05) is 6.61 Å². The molecule has 0 saturated heterocycles. The quantitative estimate of drug-likeness (QED) is 0.734. The van der Waals surface area contributed by atoms with E-state index in [0.717, 1.165) is 11.0 Å². The van der Waals surface area contributed by atoms with Crippen LogP contribution in [0, 0.1) is 0 Å². The van der Waals surface area contributed by atoms with E-state index in [9.17, 15) is 4.79 Å². The number of H-pyrrole nitrogens is 1. The second kappa shape index (κ2) is 3.49. The summed E-state index contributed by atoms with van der Waals surface area (Å²) in [6.07, 6.45) is 3.35. The van der Waals surface area contributed by atoms with Crippen LogP contribution in [0.3, 0.4) is 0 Å². The van der Waals surface area contributed by atoms with Gasteiger partial charge in [0.15, 0.2) is 0 Å². The van der Waals surface area contributed by atoms with Crippen molar-refractivity contribution in [2.24, 2.45) is 0 Å². The number of hydrogen-bond donors (Lipinski definition) is 1. The Hall–Kier alpha value is -1.84. The lowest BCUT2D eigenvalue weighted by atomic mass is 10.2. The van der Waals surface area contributed by atoms with Gasteiger partial charge in [-0.15, -0.1) is 0 Å². The SMILES string of the molecule is CCOC(=O)c1ccnc2cc[nH]c12. The van der Waals surface area contributed by atoms with Crippen molar-refractivity contribution in [3.8, 4) is 0 Å². The molecule has 4 nitrogen and oxygen atoms in total. The van der Waals surface area contributed by atoms with Gasteiger partial charge >= 0.3 is 5.97 Å². The Morgan fingerprint density at radius 3 is 3.21 bits per heavy atom. The molecular weight excluding hydrogens is 180 g/mol. The second-order valence-corrected chi connectivity index (χ2v) is 2.82. The van der Waals surface area contributed by atoms with E-state index in [1.54, 1.807) is 25.4 Å². The molecule has 0 aliphatic heterocycles. The standard InChI is InChI=1S/C10H10N2O2/c1-2-14-10(13)7-3-5-11-8-4-6-12-9(7)8/h3-6,12H,2H2,1H3. The first-order valence-electron chi connectivity index (χ1n) is 4.42. The van der Waals surface area contributed by atoms with E-state index in [0.29, 0.717) is 12.2 Å². The summed E-state index contributed by atoms with van der Waals surface area (Å²) in [5.74, 6) is -0.317. The van der Waals surface area contributed by atoms with Crippen LogP contribution in [-0.2, 0) is 4.74 Å². The zero-order chi connectivity index (χ0) is 9.97. The normalized spacial score (nSPS) is 10.4. The Balaban J connectivity index is 2.50. The van der Waals surface area contributed by atoms with Gasteiger partial charge in [-0.3, -0.25) is 4.98 Å². The summed E-state index contributed by atoms with van der Waals surface area (Å²) in [6.45, 7) is 2.16. The number of aromatic nitrogens is 2.